The number of hydrogen-bond acceptors (Lipinski definition) is 5. The molecule has 1 aromatic carbocycles. The fourth-order valence-electron chi connectivity index (χ4n) is 1.90. The summed E-state index contributed by atoms with van der Waals surface area (Å²) in [6.07, 6.45) is 1.76. The number of nitrogens with two attached hydrogens (primary N) is 1. The number of nitrogen functional groups attached to an aromatic ring is 1. The number of rotatable bonds is 3. The number of aromatic nitrogens is 2. The fraction of sp³-hybridized carbons (Fsp3) is 0.231. The number of para-hydroxylation sites is 1. The molecule has 0 aliphatic heterocycles. The summed E-state index contributed by atoms with van der Waals surface area (Å²) >= 11 is 0. The minimum absolute atomic E-state index is 0.413. The van der Waals surface area contributed by atoms with Crippen molar-refractivity contribution in [1.29, 1.82) is 0 Å². The lowest BCUT2D eigenvalue weighted by Crippen LogP contribution is -2.17. The van der Waals surface area contributed by atoms with Crippen LogP contribution in [0.2, 0.25) is 0 Å². The van der Waals surface area contributed by atoms with Gasteiger partial charge in [-0.1, -0.05) is 18.2 Å². The van der Waals surface area contributed by atoms with Crippen LogP contribution in [-0.4, -0.2) is 17.0 Å². The van der Waals surface area contributed by atoms with E-state index < -0.39 is 0 Å². The first-order valence-corrected chi connectivity index (χ1v) is 5.73. The molecule has 0 saturated heterocycles. The van der Waals surface area contributed by atoms with Crippen molar-refractivity contribution >= 4 is 17.5 Å². The molecule has 3 N–H and O–H groups in total. The maximum absolute atomic E-state index is 5.34. The van der Waals surface area contributed by atoms with Gasteiger partial charge in [-0.25, -0.2) is 10.8 Å². The molecule has 0 bridgehead atoms. The van der Waals surface area contributed by atoms with Gasteiger partial charge in [-0.15, -0.1) is 0 Å². The lowest BCUT2D eigenvalue weighted by Gasteiger charge is -2.22. The van der Waals surface area contributed by atoms with Crippen LogP contribution in [0, 0.1) is 13.8 Å². The van der Waals surface area contributed by atoms with E-state index in [2.05, 4.69) is 34.5 Å². The van der Waals surface area contributed by atoms with E-state index in [1.807, 2.05) is 31.0 Å². The predicted octanol–water partition coefficient (Wildman–Crippen LogP) is 2.15. The Kier molecular flexibility index (Phi) is 3.43. The van der Waals surface area contributed by atoms with Crippen molar-refractivity contribution in [2.24, 2.45) is 5.84 Å². The van der Waals surface area contributed by atoms with Crippen molar-refractivity contribution in [3.8, 4) is 0 Å². The van der Waals surface area contributed by atoms with Crippen molar-refractivity contribution in [3.05, 3.63) is 41.6 Å². The van der Waals surface area contributed by atoms with E-state index in [0.29, 0.717) is 5.95 Å². The van der Waals surface area contributed by atoms with E-state index in [1.54, 1.807) is 6.20 Å². The van der Waals surface area contributed by atoms with Crippen LogP contribution in [0.4, 0.5) is 17.5 Å². The van der Waals surface area contributed by atoms with E-state index in [4.69, 9.17) is 5.84 Å². The molecule has 0 fully saturated rings. The van der Waals surface area contributed by atoms with Gasteiger partial charge in [-0.3, -0.25) is 5.43 Å². The van der Waals surface area contributed by atoms with Crippen LogP contribution in [0.15, 0.2) is 30.5 Å². The average molecular weight is 243 g/mol. The van der Waals surface area contributed by atoms with E-state index in [0.717, 1.165) is 17.1 Å². The van der Waals surface area contributed by atoms with Gasteiger partial charge in [0, 0.05) is 24.5 Å². The Morgan fingerprint density at radius 3 is 2.56 bits per heavy atom. The van der Waals surface area contributed by atoms with Gasteiger partial charge in [-0.2, -0.15) is 4.98 Å². The highest BCUT2D eigenvalue weighted by Gasteiger charge is 2.11. The third kappa shape index (κ3) is 2.26. The quantitative estimate of drug-likeness (QED) is 0.638. The van der Waals surface area contributed by atoms with Gasteiger partial charge in [-0.05, 0) is 25.5 Å². The number of nitrogens with one attached hydrogen (secondary N) is 1. The van der Waals surface area contributed by atoms with Crippen LogP contribution in [0.5, 0.6) is 0 Å². The zero-order chi connectivity index (χ0) is 13.1. The van der Waals surface area contributed by atoms with Crippen LogP contribution in [-0.2, 0) is 0 Å². The molecule has 2 aromatic rings. The summed E-state index contributed by atoms with van der Waals surface area (Å²) in [6.45, 7) is 4.05. The zero-order valence-corrected chi connectivity index (χ0v) is 10.8. The molecule has 0 aliphatic rings. The van der Waals surface area contributed by atoms with E-state index in [1.165, 1.54) is 5.56 Å². The van der Waals surface area contributed by atoms with Crippen LogP contribution in [0.25, 0.3) is 0 Å². The van der Waals surface area contributed by atoms with E-state index in [-0.39, 0.29) is 0 Å². The van der Waals surface area contributed by atoms with E-state index >= 15 is 0 Å². The number of anilines is 3. The summed E-state index contributed by atoms with van der Waals surface area (Å²) in [5.41, 5.74) is 5.77. The summed E-state index contributed by atoms with van der Waals surface area (Å²) in [7, 11) is 1.98. The molecule has 18 heavy (non-hydrogen) atoms. The molecule has 94 valence electrons. The molecule has 0 amide bonds. The first kappa shape index (κ1) is 12.3. The molecule has 1 heterocycles. The van der Waals surface area contributed by atoms with Gasteiger partial charge < -0.3 is 4.90 Å². The molecule has 5 nitrogen and oxygen atoms in total. The van der Waals surface area contributed by atoms with Crippen LogP contribution < -0.4 is 16.2 Å². The molecule has 0 aliphatic carbocycles. The highest BCUT2D eigenvalue weighted by molar-refractivity contribution is 5.65. The molecule has 0 radical (unpaired) electrons. The molecule has 1 aromatic heterocycles. The minimum Gasteiger partial charge on any atom is -0.329 e. The second-order valence-corrected chi connectivity index (χ2v) is 4.19. The van der Waals surface area contributed by atoms with Crippen molar-refractivity contribution in [1.82, 2.24) is 9.97 Å². The SMILES string of the molecule is Cc1ccccc1N(C)c1nc(NN)ncc1C. The molecule has 2 rings (SSSR count). The molecule has 0 saturated carbocycles. The fourth-order valence-corrected chi connectivity index (χ4v) is 1.90. The van der Waals surface area contributed by atoms with E-state index in [9.17, 15) is 0 Å². The highest BCUT2D eigenvalue weighted by atomic mass is 15.3. The normalized spacial score (nSPS) is 10.2. The van der Waals surface area contributed by atoms with Crippen molar-refractivity contribution in [2.45, 2.75) is 13.8 Å². The third-order valence-corrected chi connectivity index (χ3v) is 2.87. The Bertz CT molecular complexity index is 553. The van der Waals surface area contributed by atoms with Gasteiger partial charge in [0.1, 0.15) is 5.82 Å². The van der Waals surface area contributed by atoms with Gasteiger partial charge in [0.05, 0.1) is 0 Å². The molecule has 0 spiro atoms. The Hall–Kier alpha value is -2.14. The smallest absolute Gasteiger partial charge is 0.239 e. The number of aryl methyl sites for hydroxylation is 2. The van der Waals surface area contributed by atoms with Gasteiger partial charge in [0.2, 0.25) is 5.95 Å². The summed E-state index contributed by atoms with van der Waals surface area (Å²) in [6, 6.07) is 8.17. The van der Waals surface area contributed by atoms with Crippen LogP contribution in [0.3, 0.4) is 0 Å². The lowest BCUT2D eigenvalue weighted by molar-refractivity contribution is 1.03. The predicted molar refractivity (Wildman–Crippen MR) is 73.8 cm³/mol. The van der Waals surface area contributed by atoms with Gasteiger partial charge in [0.15, 0.2) is 0 Å². The van der Waals surface area contributed by atoms with Gasteiger partial charge in [0.25, 0.3) is 0 Å². The standard InChI is InChI=1S/C13H17N5/c1-9-6-4-5-7-11(9)18(3)12-10(2)8-15-13(16-12)17-14/h4-8H,14H2,1-3H3,(H,15,16,17). The molecular weight excluding hydrogens is 226 g/mol. The zero-order valence-electron chi connectivity index (χ0n) is 10.8. The summed E-state index contributed by atoms with van der Waals surface area (Å²) < 4.78 is 0. The number of nitrogens with zero attached hydrogens (tertiary/aromatic N) is 3. The number of benzene rings is 1. The van der Waals surface area contributed by atoms with Crippen LogP contribution >= 0.6 is 0 Å². The maximum atomic E-state index is 5.34. The molecule has 0 atom stereocenters. The van der Waals surface area contributed by atoms with Gasteiger partial charge >= 0.3 is 0 Å². The number of hydrazine groups is 1. The van der Waals surface area contributed by atoms with Crippen LogP contribution in [0.1, 0.15) is 11.1 Å². The second-order valence-electron chi connectivity index (χ2n) is 4.19. The maximum Gasteiger partial charge on any atom is 0.239 e. The van der Waals surface area contributed by atoms with Crippen molar-refractivity contribution in [2.75, 3.05) is 17.4 Å². The minimum atomic E-state index is 0.413. The Morgan fingerprint density at radius 1 is 1.17 bits per heavy atom. The average Bonchev–Trinajstić information content (AvgIpc) is 2.39. The molecule has 5 heteroatoms. The topological polar surface area (TPSA) is 67.1 Å². The summed E-state index contributed by atoms with van der Waals surface area (Å²) in [4.78, 5) is 10.5. The lowest BCUT2D eigenvalue weighted by atomic mass is 10.2. The Labute approximate surface area is 107 Å². The largest absolute Gasteiger partial charge is 0.329 e. The Balaban J connectivity index is 2.45. The van der Waals surface area contributed by atoms with Crippen molar-refractivity contribution in [3.63, 3.8) is 0 Å². The first-order valence-electron chi connectivity index (χ1n) is 5.73. The first-order chi connectivity index (χ1) is 8.63. The monoisotopic (exact) mass is 243 g/mol. The molecular formula is C13H17N5. The highest BCUT2D eigenvalue weighted by Crippen LogP contribution is 2.27. The second kappa shape index (κ2) is 5.01. The summed E-state index contributed by atoms with van der Waals surface area (Å²) in [5, 5.41) is 0. The Morgan fingerprint density at radius 2 is 1.89 bits per heavy atom. The van der Waals surface area contributed by atoms with Crippen molar-refractivity contribution < 1.29 is 0 Å². The summed E-state index contributed by atoms with van der Waals surface area (Å²) in [5.74, 6) is 6.60. The third-order valence-electron chi connectivity index (χ3n) is 2.87. The number of hydrogen-bond donors (Lipinski definition) is 2. The molecule has 0 unspecified atom stereocenters.